The van der Waals surface area contributed by atoms with Crippen LogP contribution < -0.4 is 11.2 Å². The van der Waals surface area contributed by atoms with Crippen LogP contribution in [-0.4, -0.2) is 31.5 Å². The Bertz CT molecular complexity index is 837. The Morgan fingerprint density at radius 1 is 1.24 bits per heavy atom. The Morgan fingerprint density at radius 3 is 2.76 bits per heavy atom. The van der Waals surface area contributed by atoms with E-state index in [0.717, 1.165) is 11.1 Å². The number of hydrogen-bond acceptors (Lipinski definition) is 6. The van der Waals surface area contributed by atoms with Gasteiger partial charge in [-0.2, -0.15) is 0 Å². The quantitative estimate of drug-likeness (QED) is 0.519. The maximum atomic E-state index is 12.1. The lowest BCUT2D eigenvalue weighted by atomic mass is 10.1. The van der Waals surface area contributed by atoms with Crippen LogP contribution in [0, 0.1) is 0 Å². The molecule has 0 fully saturated rings. The summed E-state index contributed by atoms with van der Waals surface area (Å²) in [5.41, 5.74) is 1.83. The summed E-state index contributed by atoms with van der Waals surface area (Å²) in [5, 5.41) is 11.5. The maximum absolute atomic E-state index is 12.1. The third-order valence-corrected chi connectivity index (χ3v) is 4.54. The van der Waals surface area contributed by atoms with Crippen molar-refractivity contribution in [2.45, 2.75) is 18.1 Å². The first-order chi connectivity index (χ1) is 12.1. The number of nitrogen functional groups attached to an aromatic ring is 1. The molecule has 3 N–H and O–H groups in total. The molecule has 0 saturated carbocycles. The van der Waals surface area contributed by atoms with E-state index in [9.17, 15) is 4.79 Å². The van der Waals surface area contributed by atoms with Gasteiger partial charge in [0.05, 0.1) is 11.8 Å². The summed E-state index contributed by atoms with van der Waals surface area (Å²) in [5.74, 6) is 6.65. The molecule has 0 aliphatic heterocycles. The van der Waals surface area contributed by atoms with E-state index < -0.39 is 0 Å². The predicted octanol–water partition coefficient (Wildman–Crippen LogP) is 2.02. The molecule has 0 spiro atoms. The van der Waals surface area contributed by atoms with Gasteiger partial charge in [0.15, 0.2) is 5.82 Å². The van der Waals surface area contributed by atoms with Crippen molar-refractivity contribution in [2.24, 2.45) is 0 Å². The number of hydrogen-bond donors (Lipinski definition) is 2. The van der Waals surface area contributed by atoms with Gasteiger partial charge in [-0.05, 0) is 24.6 Å². The molecule has 0 saturated heterocycles. The van der Waals surface area contributed by atoms with E-state index in [0.29, 0.717) is 11.0 Å². The molecule has 0 aliphatic rings. The first kappa shape index (κ1) is 17.0. The van der Waals surface area contributed by atoms with Gasteiger partial charge in [0.2, 0.25) is 11.1 Å². The third-order valence-electron chi connectivity index (χ3n) is 3.59. The van der Waals surface area contributed by atoms with Crippen molar-refractivity contribution in [1.29, 1.82) is 0 Å². The largest absolute Gasteiger partial charge is 0.349 e. The zero-order valence-corrected chi connectivity index (χ0v) is 14.5. The molecular weight excluding hydrogens is 336 g/mol. The first-order valence-electron chi connectivity index (χ1n) is 7.73. The van der Waals surface area contributed by atoms with Gasteiger partial charge in [-0.1, -0.05) is 42.1 Å². The zero-order valence-electron chi connectivity index (χ0n) is 13.7. The van der Waals surface area contributed by atoms with Crippen LogP contribution in [0.2, 0.25) is 0 Å². The molecule has 0 aliphatic carbocycles. The summed E-state index contributed by atoms with van der Waals surface area (Å²) >= 11 is 1.24. The van der Waals surface area contributed by atoms with Gasteiger partial charge in [-0.3, -0.25) is 9.78 Å². The molecule has 3 rings (SSSR count). The van der Waals surface area contributed by atoms with Gasteiger partial charge in [-0.25, -0.2) is 4.68 Å². The number of nitrogens with zero attached hydrogens (tertiary/aromatic N) is 4. The number of carbonyl (C=O) groups is 1. The van der Waals surface area contributed by atoms with Crippen LogP contribution in [0.5, 0.6) is 0 Å². The Labute approximate surface area is 149 Å². The Hall–Kier alpha value is -2.87. The minimum atomic E-state index is -0.0905. The van der Waals surface area contributed by atoms with Crippen molar-refractivity contribution < 1.29 is 4.79 Å². The summed E-state index contributed by atoms with van der Waals surface area (Å²) in [6.45, 7) is 1.95. The lowest BCUT2D eigenvalue weighted by Crippen LogP contribution is -2.28. The van der Waals surface area contributed by atoms with E-state index in [-0.39, 0.29) is 17.7 Å². The van der Waals surface area contributed by atoms with Gasteiger partial charge in [-0.15, -0.1) is 10.2 Å². The second kappa shape index (κ2) is 7.80. The van der Waals surface area contributed by atoms with Crippen molar-refractivity contribution in [3.8, 4) is 11.4 Å². The van der Waals surface area contributed by atoms with Crippen molar-refractivity contribution in [3.05, 3.63) is 60.4 Å². The van der Waals surface area contributed by atoms with Crippen LogP contribution in [0.3, 0.4) is 0 Å². The van der Waals surface area contributed by atoms with E-state index in [2.05, 4.69) is 20.5 Å². The standard InChI is InChI=1S/C17H18N6OS/c1-12(13-6-3-2-4-7-13)20-15(24)11-25-17-22-21-16(23(17)18)14-8-5-9-19-10-14/h2-10,12H,11,18H2,1H3,(H,20,24)/t12-/m1/s1. The van der Waals surface area contributed by atoms with Crippen LogP contribution in [0.4, 0.5) is 0 Å². The van der Waals surface area contributed by atoms with Crippen LogP contribution in [0.15, 0.2) is 60.0 Å². The van der Waals surface area contributed by atoms with E-state index in [1.165, 1.54) is 16.4 Å². The smallest absolute Gasteiger partial charge is 0.230 e. The van der Waals surface area contributed by atoms with Crippen LogP contribution in [-0.2, 0) is 4.79 Å². The number of nitrogens with one attached hydrogen (secondary N) is 1. The Balaban J connectivity index is 1.59. The van der Waals surface area contributed by atoms with Crippen molar-refractivity contribution in [2.75, 3.05) is 11.6 Å². The molecule has 1 aromatic carbocycles. The zero-order chi connectivity index (χ0) is 17.6. The molecule has 7 nitrogen and oxygen atoms in total. The number of pyridine rings is 1. The molecule has 0 bridgehead atoms. The fourth-order valence-electron chi connectivity index (χ4n) is 2.31. The number of benzene rings is 1. The molecule has 2 aromatic heterocycles. The highest BCUT2D eigenvalue weighted by Gasteiger charge is 2.15. The summed E-state index contributed by atoms with van der Waals surface area (Å²) in [6, 6.07) is 13.4. The van der Waals surface area contributed by atoms with E-state index in [1.54, 1.807) is 18.5 Å². The van der Waals surface area contributed by atoms with Crippen molar-refractivity contribution >= 4 is 17.7 Å². The highest BCUT2D eigenvalue weighted by molar-refractivity contribution is 7.99. The molecule has 25 heavy (non-hydrogen) atoms. The normalized spacial score (nSPS) is 11.9. The van der Waals surface area contributed by atoms with Gasteiger partial charge in [0.1, 0.15) is 0 Å². The van der Waals surface area contributed by atoms with E-state index in [4.69, 9.17) is 5.84 Å². The Kier molecular flexibility index (Phi) is 5.30. The van der Waals surface area contributed by atoms with E-state index in [1.807, 2.05) is 43.3 Å². The molecule has 2 heterocycles. The van der Waals surface area contributed by atoms with Crippen LogP contribution in [0.25, 0.3) is 11.4 Å². The highest BCUT2D eigenvalue weighted by Crippen LogP contribution is 2.21. The summed E-state index contributed by atoms with van der Waals surface area (Å²) in [7, 11) is 0. The number of nitrogens with two attached hydrogens (primary N) is 1. The van der Waals surface area contributed by atoms with Crippen molar-refractivity contribution in [3.63, 3.8) is 0 Å². The van der Waals surface area contributed by atoms with Crippen LogP contribution in [0.1, 0.15) is 18.5 Å². The second-order valence-electron chi connectivity index (χ2n) is 5.41. The fraction of sp³-hybridized carbons (Fsp3) is 0.176. The van der Waals surface area contributed by atoms with Crippen LogP contribution >= 0.6 is 11.8 Å². The number of carbonyl (C=O) groups excluding carboxylic acids is 1. The number of thioether (sulfide) groups is 1. The minimum Gasteiger partial charge on any atom is -0.349 e. The fourth-order valence-corrected chi connectivity index (χ4v) is 2.97. The molecule has 8 heteroatoms. The SMILES string of the molecule is C[C@@H](NC(=O)CSc1nnc(-c2cccnc2)n1N)c1ccccc1. The van der Waals surface area contributed by atoms with Gasteiger partial charge >= 0.3 is 0 Å². The molecule has 1 amide bonds. The first-order valence-corrected chi connectivity index (χ1v) is 8.71. The minimum absolute atomic E-state index is 0.0593. The lowest BCUT2D eigenvalue weighted by Gasteiger charge is -2.13. The average Bonchev–Trinajstić information content (AvgIpc) is 3.02. The topological polar surface area (TPSA) is 98.7 Å². The van der Waals surface area contributed by atoms with Gasteiger partial charge < -0.3 is 11.2 Å². The van der Waals surface area contributed by atoms with E-state index >= 15 is 0 Å². The number of amides is 1. The average molecular weight is 354 g/mol. The van der Waals surface area contributed by atoms with Crippen molar-refractivity contribution in [1.82, 2.24) is 25.2 Å². The molecule has 128 valence electrons. The molecule has 1 atom stereocenters. The third kappa shape index (κ3) is 4.16. The number of aromatic nitrogens is 4. The monoisotopic (exact) mass is 354 g/mol. The maximum Gasteiger partial charge on any atom is 0.230 e. The summed E-state index contributed by atoms with van der Waals surface area (Å²) in [6.07, 6.45) is 3.34. The predicted molar refractivity (Wildman–Crippen MR) is 97.1 cm³/mol. The molecule has 0 unspecified atom stereocenters. The molecule has 0 radical (unpaired) electrons. The summed E-state index contributed by atoms with van der Waals surface area (Å²) in [4.78, 5) is 16.2. The lowest BCUT2D eigenvalue weighted by molar-refractivity contribution is -0.119. The second-order valence-corrected chi connectivity index (χ2v) is 6.35. The highest BCUT2D eigenvalue weighted by atomic mass is 32.2. The Morgan fingerprint density at radius 2 is 2.04 bits per heavy atom. The van der Waals surface area contributed by atoms with Gasteiger partial charge in [0.25, 0.3) is 0 Å². The summed E-state index contributed by atoms with van der Waals surface area (Å²) < 4.78 is 1.37. The number of rotatable bonds is 6. The molecular formula is C17H18N6OS. The molecule has 3 aromatic rings. The van der Waals surface area contributed by atoms with Gasteiger partial charge in [0, 0.05) is 18.0 Å².